The van der Waals surface area contributed by atoms with Gasteiger partial charge < -0.3 is 63.9 Å². The van der Waals surface area contributed by atoms with Crippen LogP contribution < -0.4 is 53.8 Å². The number of aromatic amines is 1. The SMILES string of the molecule is COc1ccc(Nc2ccc(NC(=O)CNC(=O)[C@H](CCCCN=C(N)N)NC(=O)[C@H](Cc3ccc(-c4ccccc4)cc3)NC(=O)[C@H](Cc3c[nH]c4ccc(O)cc34)NC(=O)[C@H]3CCC[C@H](N)C3)cc2)cc1. The van der Waals surface area contributed by atoms with Gasteiger partial charge >= 0.3 is 0 Å². The number of aromatic nitrogens is 1. The van der Waals surface area contributed by atoms with E-state index < -0.39 is 54.2 Å². The number of anilines is 3. The van der Waals surface area contributed by atoms with Crippen LogP contribution in [0, 0.1) is 5.92 Å². The number of nitrogens with two attached hydrogens (primary N) is 3. The number of guanidine groups is 1. The monoisotopic (exact) mass is 992 g/mol. The highest BCUT2D eigenvalue weighted by molar-refractivity contribution is 5.98. The van der Waals surface area contributed by atoms with Crippen molar-refractivity contribution in [3.8, 4) is 22.6 Å². The summed E-state index contributed by atoms with van der Waals surface area (Å²) >= 11 is 0. The van der Waals surface area contributed by atoms with Crippen molar-refractivity contribution >= 4 is 63.5 Å². The quantitative estimate of drug-likeness (QED) is 0.0224. The fourth-order valence-corrected chi connectivity index (χ4v) is 8.88. The minimum absolute atomic E-state index is 0.0153. The van der Waals surface area contributed by atoms with E-state index in [9.17, 15) is 29.1 Å². The molecule has 1 aromatic heterocycles. The second-order valence-corrected chi connectivity index (χ2v) is 18.3. The highest BCUT2D eigenvalue weighted by Gasteiger charge is 2.33. The second kappa shape index (κ2) is 25.7. The molecule has 5 amide bonds. The number of benzene rings is 5. The van der Waals surface area contributed by atoms with E-state index in [1.54, 1.807) is 55.8 Å². The molecule has 0 bridgehead atoms. The number of hydrogen-bond donors (Lipinski definition) is 11. The summed E-state index contributed by atoms with van der Waals surface area (Å²) in [6.07, 6.45) is 5.46. The number of carbonyl (C=O) groups is 5. The Hall–Kier alpha value is -8.38. The molecule has 5 atom stereocenters. The van der Waals surface area contributed by atoms with Crippen molar-refractivity contribution in [2.45, 2.75) is 82.0 Å². The summed E-state index contributed by atoms with van der Waals surface area (Å²) in [4.78, 5) is 77.7. The van der Waals surface area contributed by atoms with E-state index in [4.69, 9.17) is 21.9 Å². The predicted molar refractivity (Wildman–Crippen MR) is 284 cm³/mol. The number of rotatable bonds is 23. The molecule has 0 aliphatic heterocycles. The van der Waals surface area contributed by atoms with Crippen molar-refractivity contribution in [3.05, 3.63) is 139 Å². The number of aromatic hydroxyl groups is 1. The van der Waals surface area contributed by atoms with Crippen LogP contribution in [0.2, 0.25) is 0 Å². The zero-order valence-electron chi connectivity index (χ0n) is 40.9. The average Bonchev–Trinajstić information content (AvgIpc) is 3.79. The van der Waals surface area contributed by atoms with Crippen molar-refractivity contribution in [1.82, 2.24) is 26.3 Å². The van der Waals surface area contributed by atoms with Crippen LogP contribution in [0.15, 0.2) is 133 Å². The third kappa shape index (κ3) is 15.6. The van der Waals surface area contributed by atoms with Gasteiger partial charge in [0.05, 0.1) is 13.7 Å². The van der Waals surface area contributed by atoms with E-state index >= 15 is 0 Å². The molecule has 7 rings (SSSR count). The van der Waals surface area contributed by atoms with Crippen LogP contribution in [0.4, 0.5) is 17.1 Å². The van der Waals surface area contributed by atoms with Gasteiger partial charge in [-0.15, -0.1) is 0 Å². The Morgan fingerprint density at radius 1 is 0.740 bits per heavy atom. The van der Waals surface area contributed by atoms with Crippen LogP contribution in [0.5, 0.6) is 11.5 Å². The molecule has 73 heavy (non-hydrogen) atoms. The summed E-state index contributed by atoms with van der Waals surface area (Å²) in [5.74, 6) is -2.47. The van der Waals surface area contributed by atoms with E-state index in [0.29, 0.717) is 47.9 Å². The number of phenolic OH excluding ortho intramolecular Hbond substituents is 1. The van der Waals surface area contributed by atoms with Crippen molar-refractivity contribution < 1.29 is 33.8 Å². The Labute approximate surface area is 424 Å². The van der Waals surface area contributed by atoms with E-state index in [0.717, 1.165) is 46.6 Å². The molecular weight excluding hydrogens is 927 g/mol. The molecule has 0 unspecified atom stereocenters. The molecule has 5 aromatic carbocycles. The smallest absolute Gasteiger partial charge is 0.243 e. The van der Waals surface area contributed by atoms with Gasteiger partial charge in [0.2, 0.25) is 29.5 Å². The summed E-state index contributed by atoms with van der Waals surface area (Å²) in [6, 6.07) is 33.0. The van der Waals surface area contributed by atoms with Gasteiger partial charge in [0.25, 0.3) is 0 Å². The van der Waals surface area contributed by atoms with Crippen molar-refractivity contribution in [1.29, 1.82) is 0 Å². The molecular formula is C55H65N11O7. The summed E-state index contributed by atoms with van der Waals surface area (Å²) in [5.41, 5.74) is 23.5. The standard InChI is InChI=1S/C55H65N11O7/c1-73-44-24-21-41(22-25-44)62-40-17-19-42(20-18-40)63-50(68)33-61-52(70)47(12-5-6-27-59-55(57)58)64-53(71)48(28-34-13-15-36(16-14-34)35-8-3-2-4-9-35)66-54(72)49(65-51(69)37-10-7-11-39(56)29-37)30-38-32-60-46-26-23-43(67)31-45(38)46/h2-4,8-9,13-26,31-32,37,39,47-49,60,62,67H,5-7,10-12,27-30,33,56H2,1H3,(H,61,70)(H,63,68)(H,64,71)(H,65,69)(H,66,72)(H4,57,58,59)/t37-,39-,47-,48-,49-/m0/s1. The Kier molecular flexibility index (Phi) is 18.4. The summed E-state index contributed by atoms with van der Waals surface area (Å²) in [7, 11) is 1.60. The first kappa shape index (κ1) is 52.4. The number of amides is 5. The Bertz CT molecular complexity index is 2830. The lowest BCUT2D eigenvalue weighted by Gasteiger charge is -2.29. The van der Waals surface area contributed by atoms with E-state index in [1.165, 1.54) is 0 Å². The van der Waals surface area contributed by atoms with Crippen LogP contribution in [0.1, 0.15) is 56.1 Å². The molecule has 382 valence electrons. The van der Waals surface area contributed by atoms with Crippen LogP contribution in [-0.2, 0) is 36.8 Å². The maximum Gasteiger partial charge on any atom is 0.243 e. The molecule has 1 heterocycles. The van der Waals surface area contributed by atoms with Gasteiger partial charge in [-0.3, -0.25) is 29.0 Å². The van der Waals surface area contributed by atoms with E-state index in [-0.39, 0.29) is 49.5 Å². The summed E-state index contributed by atoms with van der Waals surface area (Å²) in [5, 5.41) is 28.5. The number of nitrogens with zero attached hydrogens (tertiary/aromatic N) is 1. The fraction of sp³-hybridized carbons (Fsp3) is 0.309. The lowest BCUT2D eigenvalue weighted by Crippen LogP contribution is -2.58. The first-order valence-electron chi connectivity index (χ1n) is 24.5. The number of phenols is 1. The Balaban J connectivity index is 1.09. The fourth-order valence-electron chi connectivity index (χ4n) is 8.88. The first-order valence-corrected chi connectivity index (χ1v) is 24.5. The number of hydrogen-bond acceptors (Lipinski definition) is 10. The molecule has 1 fully saturated rings. The molecule has 1 saturated carbocycles. The zero-order valence-corrected chi connectivity index (χ0v) is 40.9. The number of H-pyrrole nitrogens is 1. The van der Waals surface area contributed by atoms with Crippen molar-refractivity contribution in [2.24, 2.45) is 28.1 Å². The van der Waals surface area contributed by atoms with Crippen LogP contribution in [0.25, 0.3) is 22.0 Å². The minimum Gasteiger partial charge on any atom is -0.508 e. The van der Waals surface area contributed by atoms with Crippen molar-refractivity contribution in [3.63, 3.8) is 0 Å². The Morgan fingerprint density at radius 2 is 1.40 bits per heavy atom. The van der Waals surface area contributed by atoms with Gasteiger partial charge in [0, 0.05) is 65.5 Å². The molecule has 0 radical (unpaired) electrons. The Morgan fingerprint density at radius 3 is 2.08 bits per heavy atom. The molecule has 1 aliphatic carbocycles. The lowest BCUT2D eigenvalue weighted by molar-refractivity contribution is -0.134. The predicted octanol–water partition coefficient (Wildman–Crippen LogP) is 5.25. The van der Waals surface area contributed by atoms with Crippen LogP contribution >= 0.6 is 0 Å². The van der Waals surface area contributed by atoms with E-state index in [2.05, 4.69) is 41.9 Å². The summed E-state index contributed by atoms with van der Waals surface area (Å²) < 4.78 is 5.23. The van der Waals surface area contributed by atoms with Crippen LogP contribution in [-0.4, -0.2) is 90.0 Å². The number of aliphatic imine (C=N–C) groups is 1. The number of methoxy groups -OCH3 is 1. The molecule has 18 heteroatoms. The normalized spacial score (nSPS) is 15.4. The maximum atomic E-state index is 14.7. The number of carbonyl (C=O) groups excluding carboxylic acids is 5. The zero-order chi connectivity index (χ0) is 51.7. The lowest BCUT2D eigenvalue weighted by atomic mass is 9.85. The second-order valence-electron chi connectivity index (χ2n) is 18.3. The summed E-state index contributed by atoms with van der Waals surface area (Å²) in [6.45, 7) is -0.118. The van der Waals surface area contributed by atoms with Gasteiger partial charge in [-0.1, -0.05) is 61.0 Å². The van der Waals surface area contributed by atoms with Gasteiger partial charge in [0.15, 0.2) is 5.96 Å². The third-order valence-electron chi connectivity index (χ3n) is 12.8. The molecule has 18 nitrogen and oxygen atoms in total. The topological polar surface area (TPSA) is 293 Å². The highest BCUT2D eigenvalue weighted by Crippen LogP contribution is 2.27. The molecule has 0 spiro atoms. The molecule has 14 N–H and O–H groups in total. The number of ether oxygens (including phenoxy) is 1. The highest BCUT2D eigenvalue weighted by atomic mass is 16.5. The number of nitrogens with one attached hydrogen (secondary N) is 7. The molecule has 6 aromatic rings. The van der Waals surface area contributed by atoms with E-state index in [1.807, 2.05) is 78.9 Å². The third-order valence-corrected chi connectivity index (χ3v) is 12.8. The van der Waals surface area contributed by atoms with Crippen molar-refractivity contribution in [2.75, 3.05) is 30.8 Å². The largest absolute Gasteiger partial charge is 0.508 e. The first-order chi connectivity index (χ1) is 35.3. The van der Waals surface area contributed by atoms with Gasteiger partial charge in [-0.05, 0) is 128 Å². The van der Waals surface area contributed by atoms with Crippen LogP contribution in [0.3, 0.4) is 0 Å². The number of fused-ring (bicyclic) bond motifs is 1. The molecule has 1 aliphatic rings. The average molecular weight is 992 g/mol. The minimum atomic E-state index is -1.24. The van der Waals surface area contributed by atoms with Gasteiger partial charge in [-0.25, -0.2) is 0 Å². The molecule has 0 saturated heterocycles. The maximum absolute atomic E-state index is 14.7. The van der Waals surface area contributed by atoms with Gasteiger partial charge in [-0.2, -0.15) is 0 Å². The van der Waals surface area contributed by atoms with Gasteiger partial charge in [0.1, 0.15) is 29.6 Å². The number of unbranched alkanes of at least 4 members (excludes halogenated alkanes) is 1.